The molecule has 1 aliphatic carbocycles. The first kappa shape index (κ1) is 17.4. The molecule has 0 unspecified atom stereocenters. The van der Waals surface area contributed by atoms with Crippen LogP contribution < -0.4 is 5.32 Å². The van der Waals surface area contributed by atoms with Gasteiger partial charge in [0.15, 0.2) is 0 Å². The van der Waals surface area contributed by atoms with Crippen molar-refractivity contribution in [3.05, 3.63) is 35.4 Å². The summed E-state index contributed by atoms with van der Waals surface area (Å²) < 4.78 is 5.82. The van der Waals surface area contributed by atoms with Crippen LogP contribution in [0.3, 0.4) is 0 Å². The highest BCUT2D eigenvalue weighted by molar-refractivity contribution is 5.78. The maximum atomic E-state index is 12.3. The maximum Gasteiger partial charge on any atom is 0.223 e. The summed E-state index contributed by atoms with van der Waals surface area (Å²) >= 11 is 0. The van der Waals surface area contributed by atoms with E-state index >= 15 is 0 Å². The minimum atomic E-state index is 0.232. The normalized spacial score (nSPS) is 25.8. The Bertz CT molecular complexity index is 544. The first-order chi connectivity index (χ1) is 11.6. The lowest BCUT2D eigenvalue weighted by Gasteiger charge is -2.35. The zero-order chi connectivity index (χ0) is 16.9. The predicted molar refractivity (Wildman–Crippen MR) is 95.5 cm³/mol. The quantitative estimate of drug-likeness (QED) is 0.902. The maximum absolute atomic E-state index is 12.3. The van der Waals surface area contributed by atoms with E-state index in [2.05, 4.69) is 48.3 Å². The SMILES string of the molecule is C[C@H]1CN(Cc2ccccc2CNC(=O)C2CCCC2)C[C@H](C)O1. The highest BCUT2D eigenvalue weighted by Crippen LogP contribution is 2.25. The van der Waals surface area contributed by atoms with Crippen molar-refractivity contribution in [2.24, 2.45) is 5.92 Å². The Hall–Kier alpha value is -1.39. The molecule has 1 saturated heterocycles. The Morgan fingerprint density at radius 3 is 2.42 bits per heavy atom. The van der Waals surface area contributed by atoms with Gasteiger partial charge >= 0.3 is 0 Å². The van der Waals surface area contributed by atoms with Crippen molar-refractivity contribution in [2.45, 2.75) is 64.8 Å². The third kappa shape index (κ3) is 4.58. The van der Waals surface area contributed by atoms with Crippen molar-refractivity contribution < 1.29 is 9.53 Å². The van der Waals surface area contributed by atoms with Gasteiger partial charge in [0.1, 0.15) is 0 Å². The molecule has 0 bridgehead atoms. The Morgan fingerprint density at radius 2 is 1.75 bits per heavy atom. The summed E-state index contributed by atoms with van der Waals surface area (Å²) in [6, 6.07) is 8.47. The number of ether oxygens (including phenoxy) is 1. The highest BCUT2D eigenvalue weighted by Gasteiger charge is 2.24. The largest absolute Gasteiger partial charge is 0.373 e. The summed E-state index contributed by atoms with van der Waals surface area (Å²) in [5.41, 5.74) is 2.54. The van der Waals surface area contributed by atoms with Crippen molar-refractivity contribution in [3.8, 4) is 0 Å². The van der Waals surface area contributed by atoms with Crippen LogP contribution in [0.5, 0.6) is 0 Å². The molecule has 1 aromatic carbocycles. The number of morpholine rings is 1. The van der Waals surface area contributed by atoms with Crippen molar-refractivity contribution in [1.29, 1.82) is 0 Å². The molecule has 1 aromatic rings. The number of nitrogens with zero attached hydrogens (tertiary/aromatic N) is 1. The number of hydrogen-bond donors (Lipinski definition) is 1. The van der Waals surface area contributed by atoms with Gasteiger partial charge in [0.05, 0.1) is 12.2 Å². The summed E-state index contributed by atoms with van der Waals surface area (Å²) in [6.45, 7) is 7.77. The molecular weight excluding hydrogens is 300 g/mol. The average Bonchev–Trinajstić information content (AvgIpc) is 3.07. The standard InChI is InChI=1S/C20H30N2O2/c1-15-12-22(13-16(2)24-15)14-19-10-6-5-9-18(19)11-21-20(23)17-7-3-4-8-17/h5-6,9-10,15-17H,3-4,7-8,11-14H2,1-2H3,(H,21,23)/t15-,16-/m0/s1. The molecule has 24 heavy (non-hydrogen) atoms. The second-order valence-electron chi connectivity index (χ2n) is 7.42. The van der Waals surface area contributed by atoms with Gasteiger partial charge in [0.2, 0.25) is 5.91 Å². The Morgan fingerprint density at radius 1 is 1.12 bits per heavy atom. The second kappa shape index (κ2) is 8.13. The molecule has 132 valence electrons. The van der Waals surface area contributed by atoms with Gasteiger partial charge in [-0.25, -0.2) is 0 Å². The molecule has 2 atom stereocenters. The van der Waals surface area contributed by atoms with E-state index in [1.165, 1.54) is 24.0 Å². The van der Waals surface area contributed by atoms with Crippen LogP contribution in [0.15, 0.2) is 24.3 Å². The lowest BCUT2D eigenvalue weighted by Crippen LogP contribution is -2.45. The fourth-order valence-electron chi connectivity index (χ4n) is 4.05. The fraction of sp³-hybridized carbons (Fsp3) is 0.650. The van der Waals surface area contributed by atoms with E-state index < -0.39 is 0 Å². The molecule has 3 rings (SSSR count). The average molecular weight is 330 g/mol. The Kier molecular flexibility index (Phi) is 5.90. The Balaban J connectivity index is 1.59. The number of hydrogen-bond acceptors (Lipinski definition) is 3. The molecular formula is C20H30N2O2. The Labute approximate surface area is 145 Å². The monoisotopic (exact) mass is 330 g/mol. The van der Waals surface area contributed by atoms with Gasteiger partial charge in [0.25, 0.3) is 0 Å². The van der Waals surface area contributed by atoms with Gasteiger partial charge in [-0.3, -0.25) is 9.69 Å². The summed E-state index contributed by atoms with van der Waals surface area (Å²) in [5.74, 6) is 0.467. The third-order valence-electron chi connectivity index (χ3n) is 5.19. The van der Waals surface area contributed by atoms with Crippen LogP contribution in [0.2, 0.25) is 0 Å². The fourth-order valence-corrected chi connectivity index (χ4v) is 4.05. The lowest BCUT2D eigenvalue weighted by atomic mass is 10.0. The van der Waals surface area contributed by atoms with E-state index in [0.29, 0.717) is 6.54 Å². The topological polar surface area (TPSA) is 41.6 Å². The van der Waals surface area contributed by atoms with Crippen LogP contribution in [-0.2, 0) is 22.6 Å². The number of carbonyl (C=O) groups excluding carboxylic acids is 1. The zero-order valence-corrected chi connectivity index (χ0v) is 15.0. The molecule has 2 fully saturated rings. The van der Waals surface area contributed by atoms with Gasteiger partial charge in [-0.05, 0) is 37.8 Å². The summed E-state index contributed by atoms with van der Waals surface area (Å²) in [5, 5.41) is 3.15. The molecule has 1 aliphatic heterocycles. The van der Waals surface area contributed by atoms with Crippen molar-refractivity contribution in [1.82, 2.24) is 10.2 Å². The molecule has 0 radical (unpaired) electrons. The number of benzene rings is 1. The van der Waals surface area contributed by atoms with Crippen molar-refractivity contribution in [3.63, 3.8) is 0 Å². The third-order valence-corrected chi connectivity index (χ3v) is 5.19. The number of carbonyl (C=O) groups is 1. The van der Waals surface area contributed by atoms with Crippen molar-refractivity contribution >= 4 is 5.91 Å². The van der Waals surface area contributed by atoms with E-state index in [-0.39, 0.29) is 24.0 Å². The molecule has 4 heteroatoms. The van der Waals surface area contributed by atoms with Gasteiger partial charge in [0, 0.05) is 32.1 Å². The molecule has 1 saturated carbocycles. The minimum Gasteiger partial charge on any atom is -0.373 e. The second-order valence-corrected chi connectivity index (χ2v) is 7.42. The van der Waals surface area contributed by atoms with Crippen LogP contribution in [0, 0.1) is 5.92 Å². The lowest BCUT2D eigenvalue weighted by molar-refractivity contribution is -0.124. The molecule has 1 amide bonds. The zero-order valence-electron chi connectivity index (χ0n) is 15.0. The van der Waals surface area contributed by atoms with Gasteiger partial charge in [-0.2, -0.15) is 0 Å². The van der Waals surface area contributed by atoms with Gasteiger partial charge in [-0.15, -0.1) is 0 Å². The predicted octanol–water partition coefficient (Wildman–Crippen LogP) is 3.10. The van der Waals surface area contributed by atoms with Gasteiger partial charge < -0.3 is 10.1 Å². The van der Waals surface area contributed by atoms with E-state index in [1.807, 2.05) is 0 Å². The molecule has 4 nitrogen and oxygen atoms in total. The highest BCUT2D eigenvalue weighted by atomic mass is 16.5. The molecule has 0 spiro atoms. The summed E-state index contributed by atoms with van der Waals surface area (Å²) in [7, 11) is 0. The first-order valence-electron chi connectivity index (χ1n) is 9.34. The summed E-state index contributed by atoms with van der Waals surface area (Å²) in [4.78, 5) is 14.7. The molecule has 0 aromatic heterocycles. The molecule has 2 aliphatic rings. The van der Waals surface area contributed by atoms with Crippen LogP contribution in [-0.4, -0.2) is 36.1 Å². The van der Waals surface area contributed by atoms with Crippen LogP contribution in [0.4, 0.5) is 0 Å². The molecule has 1 heterocycles. The number of rotatable bonds is 5. The van der Waals surface area contributed by atoms with E-state index in [0.717, 1.165) is 32.5 Å². The van der Waals surface area contributed by atoms with Crippen molar-refractivity contribution in [2.75, 3.05) is 13.1 Å². The number of amides is 1. The first-order valence-corrected chi connectivity index (χ1v) is 9.34. The van der Waals surface area contributed by atoms with E-state index in [9.17, 15) is 4.79 Å². The summed E-state index contributed by atoms with van der Waals surface area (Å²) in [6.07, 6.45) is 5.06. The molecule has 1 N–H and O–H groups in total. The van der Waals surface area contributed by atoms with Crippen LogP contribution in [0.1, 0.15) is 50.7 Å². The van der Waals surface area contributed by atoms with E-state index in [4.69, 9.17) is 4.74 Å². The smallest absolute Gasteiger partial charge is 0.223 e. The van der Waals surface area contributed by atoms with Crippen LogP contribution in [0.25, 0.3) is 0 Å². The number of nitrogens with one attached hydrogen (secondary N) is 1. The van der Waals surface area contributed by atoms with E-state index in [1.54, 1.807) is 0 Å². The van der Waals surface area contributed by atoms with Crippen LogP contribution >= 0.6 is 0 Å². The van der Waals surface area contributed by atoms with Gasteiger partial charge in [-0.1, -0.05) is 37.1 Å². The minimum absolute atomic E-state index is 0.232.